The molecule has 0 aromatic heterocycles. The lowest BCUT2D eigenvalue weighted by molar-refractivity contribution is 0.102. The molecular formula is C13H12N2O5S. The van der Waals surface area contributed by atoms with Crippen LogP contribution in [0.4, 0.5) is 5.69 Å². The number of primary sulfonamides is 1. The fraction of sp³-hybridized carbons (Fsp3) is 0. The summed E-state index contributed by atoms with van der Waals surface area (Å²) in [5.74, 6) is -1.57. The molecule has 0 bridgehead atoms. The largest absolute Gasteiger partial charge is 0.507 e. The second kappa shape index (κ2) is 5.43. The fourth-order valence-electron chi connectivity index (χ4n) is 1.71. The first-order valence-corrected chi connectivity index (χ1v) is 7.29. The predicted molar refractivity (Wildman–Crippen MR) is 75.5 cm³/mol. The summed E-state index contributed by atoms with van der Waals surface area (Å²) in [6.45, 7) is 0. The Balaban J connectivity index is 2.33. The molecule has 0 fully saturated rings. The van der Waals surface area contributed by atoms with Crippen molar-refractivity contribution in [3.05, 3.63) is 48.0 Å². The summed E-state index contributed by atoms with van der Waals surface area (Å²) in [6.07, 6.45) is 0. The second-order valence-corrected chi connectivity index (χ2v) is 5.76. The van der Waals surface area contributed by atoms with E-state index in [0.717, 1.165) is 0 Å². The number of sulfonamides is 1. The van der Waals surface area contributed by atoms with E-state index in [0.29, 0.717) is 0 Å². The van der Waals surface area contributed by atoms with Crippen LogP contribution >= 0.6 is 0 Å². The maximum absolute atomic E-state index is 12.0. The van der Waals surface area contributed by atoms with Crippen LogP contribution in [0.2, 0.25) is 0 Å². The molecule has 2 aromatic rings. The fourth-order valence-corrected chi connectivity index (χ4v) is 2.26. The highest BCUT2D eigenvalue weighted by atomic mass is 32.2. The summed E-state index contributed by atoms with van der Waals surface area (Å²) in [7, 11) is -3.89. The van der Waals surface area contributed by atoms with Crippen molar-refractivity contribution in [3.8, 4) is 11.5 Å². The predicted octanol–water partition coefficient (Wildman–Crippen LogP) is 0.998. The van der Waals surface area contributed by atoms with Gasteiger partial charge in [-0.15, -0.1) is 0 Å². The highest BCUT2D eigenvalue weighted by Crippen LogP contribution is 2.27. The summed E-state index contributed by atoms with van der Waals surface area (Å²) >= 11 is 0. The summed E-state index contributed by atoms with van der Waals surface area (Å²) in [5.41, 5.74) is -0.146. The monoisotopic (exact) mass is 308 g/mol. The van der Waals surface area contributed by atoms with E-state index in [4.69, 9.17) is 5.14 Å². The van der Waals surface area contributed by atoms with Crippen molar-refractivity contribution in [3.63, 3.8) is 0 Å². The topological polar surface area (TPSA) is 130 Å². The van der Waals surface area contributed by atoms with E-state index in [1.54, 1.807) is 0 Å². The van der Waals surface area contributed by atoms with Crippen molar-refractivity contribution >= 4 is 21.6 Å². The van der Waals surface area contributed by atoms with Crippen molar-refractivity contribution in [1.82, 2.24) is 0 Å². The van der Waals surface area contributed by atoms with Gasteiger partial charge in [0.25, 0.3) is 5.91 Å². The molecule has 5 N–H and O–H groups in total. The number of amides is 1. The standard InChI is InChI=1S/C13H12N2O5S/c14-21(19,20)9-4-1-3-8(7-9)15-13(18)12-10(16)5-2-6-11(12)17/h1-7,16-17H,(H,15,18)(H2,14,19,20). The van der Waals surface area contributed by atoms with E-state index in [1.807, 2.05) is 0 Å². The van der Waals surface area contributed by atoms with Crippen LogP contribution in [0.15, 0.2) is 47.4 Å². The molecule has 7 nitrogen and oxygen atoms in total. The van der Waals surface area contributed by atoms with Gasteiger partial charge in [-0.1, -0.05) is 12.1 Å². The van der Waals surface area contributed by atoms with E-state index < -0.39 is 27.4 Å². The van der Waals surface area contributed by atoms with E-state index in [1.165, 1.54) is 42.5 Å². The second-order valence-electron chi connectivity index (χ2n) is 4.20. The Hall–Kier alpha value is -2.58. The third-order valence-corrected chi connectivity index (χ3v) is 3.58. The van der Waals surface area contributed by atoms with Gasteiger partial charge in [-0.2, -0.15) is 0 Å². The summed E-state index contributed by atoms with van der Waals surface area (Å²) in [6, 6.07) is 9.17. The lowest BCUT2D eigenvalue weighted by Gasteiger charge is -2.09. The van der Waals surface area contributed by atoms with Crippen molar-refractivity contribution in [2.24, 2.45) is 5.14 Å². The average molecular weight is 308 g/mol. The van der Waals surface area contributed by atoms with Gasteiger partial charge in [-0.05, 0) is 30.3 Å². The number of phenols is 2. The molecule has 0 saturated heterocycles. The molecule has 2 aromatic carbocycles. The molecule has 0 unspecified atom stereocenters. The molecule has 0 aliphatic carbocycles. The summed E-state index contributed by atoms with van der Waals surface area (Å²) in [5, 5.41) is 26.5. The van der Waals surface area contributed by atoms with Gasteiger partial charge in [-0.25, -0.2) is 13.6 Å². The van der Waals surface area contributed by atoms with Gasteiger partial charge in [-0.3, -0.25) is 4.79 Å². The van der Waals surface area contributed by atoms with Gasteiger partial charge in [0.2, 0.25) is 10.0 Å². The lowest BCUT2D eigenvalue weighted by Crippen LogP contribution is -2.15. The van der Waals surface area contributed by atoms with E-state index >= 15 is 0 Å². The summed E-state index contributed by atoms with van der Waals surface area (Å²) in [4.78, 5) is 11.8. The van der Waals surface area contributed by atoms with Crippen LogP contribution in [0.5, 0.6) is 11.5 Å². The zero-order valence-corrected chi connectivity index (χ0v) is 11.5. The number of nitrogens with one attached hydrogen (secondary N) is 1. The van der Waals surface area contributed by atoms with Crippen molar-refractivity contribution in [2.75, 3.05) is 5.32 Å². The highest BCUT2D eigenvalue weighted by molar-refractivity contribution is 7.89. The maximum Gasteiger partial charge on any atom is 0.263 e. The number of nitrogens with two attached hydrogens (primary N) is 1. The Kier molecular flexibility index (Phi) is 3.83. The van der Waals surface area contributed by atoms with Crippen LogP contribution in [0.25, 0.3) is 0 Å². The number of benzene rings is 2. The molecule has 0 spiro atoms. The quantitative estimate of drug-likeness (QED) is 0.672. The number of carbonyl (C=O) groups is 1. The van der Waals surface area contributed by atoms with Crippen molar-refractivity contribution in [1.29, 1.82) is 0 Å². The van der Waals surface area contributed by atoms with E-state index in [-0.39, 0.29) is 16.1 Å². The van der Waals surface area contributed by atoms with Gasteiger partial charge < -0.3 is 15.5 Å². The minimum atomic E-state index is -3.89. The zero-order chi connectivity index (χ0) is 15.6. The molecule has 1 amide bonds. The van der Waals surface area contributed by atoms with Gasteiger partial charge >= 0.3 is 0 Å². The zero-order valence-electron chi connectivity index (χ0n) is 10.6. The lowest BCUT2D eigenvalue weighted by atomic mass is 10.1. The highest BCUT2D eigenvalue weighted by Gasteiger charge is 2.17. The molecule has 0 heterocycles. The maximum atomic E-state index is 12.0. The molecule has 2 rings (SSSR count). The molecule has 0 saturated carbocycles. The molecular weight excluding hydrogens is 296 g/mol. The van der Waals surface area contributed by atoms with Crippen LogP contribution in [0.1, 0.15) is 10.4 Å². The number of aromatic hydroxyl groups is 2. The first-order chi connectivity index (χ1) is 9.79. The third-order valence-electron chi connectivity index (χ3n) is 2.67. The normalized spacial score (nSPS) is 11.1. The van der Waals surface area contributed by atoms with Gasteiger partial charge in [0.05, 0.1) is 4.90 Å². The number of anilines is 1. The Morgan fingerprint density at radius 1 is 1.05 bits per heavy atom. The number of rotatable bonds is 3. The van der Waals surface area contributed by atoms with Crippen LogP contribution in [0.3, 0.4) is 0 Å². The first kappa shape index (κ1) is 14.8. The van der Waals surface area contributed by atoms with Gasteiger partial charge in [0.1, 0.15) is 17.1 Å². The Bertz CT molecular complexity index is 782. The van der Waals surface area contributed by atoms with E-state index in [2.05, 4.69) is 5.32 Å². The van der Waals surface area contributed by atoms with Gasteiger partial charge in [0, 0.05) is 5.69 Å². The molecule has 21 heavy (non-hydrogen) atoms. The molecule has 8 heteroatoms. The Morgan fingerprint density at radius 3 is 2.19 bits per heavy atom. The van der Waals surface area contributed by atoms with Crippen molar-refractivity contribution in [2.45, 2.75) is 4.90 Å². The van der Waals surface area contributed by atoms with Crippen LogP contribution in [0, 0.1) is 0 Å². The van der Waals surface area contributed by atoms with Crippen LogP contribution in [-0.4, -0.2) is 24.5 Å². The number of hydrogen-bond acceptors (Lipinski definition) is 5. The van der Waals surface area contributed by atoms with Crippen molar-refractivity contribution < 1.29 is 23.4 Å². The Morgan fingerprint density at radius 2 is 1.62 bits per heavy atom. The molecule has 110 valence electrons. The minimum absolute atomic E-state index is 0.161. The molecule has 0 radical (unpaired) electrons. The Labute approximate surface area is 120 Å². The summed E-state index contributed by atoms with van der Waals surface area (Å²) < 4.78 is 22.5. The number of hydrogen-bond donors (Lipinski definition) is 4. The first-order valence-electron chi connectivity index (χ1n) is 5.74. The van der Waals surface area contributed by atoms with Gasteiger partial charge in [0.15, 0.2) is 0 Å². The smallest absolute Gasteiger partial charge is 0.263 e. The van der Waals surface area contributed by atoms with Crippen LogP contribution in [-0.2, 0) is 10.0 Å². The average Bonchev–Trinajstić information content (AvgIpc) is 2.37. The van der Waals surface area contributed by atoms with E-state index in [9.17, 15) is 23.4 Å². The third kappa shape index (κ3) is 3.30. The SMILES string of the molecule is NS(=O)(=O)c1cccc(NC(=O)c2c(O)cccc2O)c1. The number of carbonyl (C=O) groups excluding carboxylic acids is 1. The minimum Gasteiger partial charge on any atom is -0.507 e. The molecule has 0 aliphatic heterocycles. The molecule has 0 atom stereocenters. The molecule has 0 aliphatic rings. The number of phenolic OH excluding ortho intramolecular Hbond substituents is 2. The van der Waals surface area contributed by atoms with Crippen LogP contribution < -0.4 is 10.5 Å².